The molecule has 0 aliphatic carbocycles. The van der Waals surface area contributed by atoms with Crippen molar-refractivity contribution in [2.24, 2.45) is 5.92 Å². The topological polar surface area (TPSA) is 73.4 Å². The van der Waals surface area contributed by atoms with E-state index in [0.29, 0.717) is 30.8 Å². The molecule has 2 saturated heterocycles. The smallest absolute Gasteiger partial charge is 0.264 e. The molecule has 2 aromatic carbocycles. The highest BCUT2D eigenvalue weighted by molar-refractivity contribution is 7.09. The summed E-state index contributed by atoms with van der Waals surface area (Å²) < 4.78 is 5.52. The average molecular weight is 545 g/mol. The zero-order valence-corrected chi connectivity index (χ0v) is 22.9. The molecule has 1 aromatic heterocycles. The van der Waals surface area contributed by atoms with Crippen LogP contribution in [0.15, 0.2) is 60.0 Å². The number of nitrogens with zero attached hydrogens (tertiary/aromatic N) is 4. The van der Waals surface area contributed by atoms with Crippen molar-refractivity contribution in [3.8, 4) is 5.75 Å². The van der Waals surface area contributed by atoms with E-state index >= 15 is 0 Å². The van der Waals surface area contributed by atoms with Crippen molar-refractivity contribution < 1.29 is 19.1 Å². The van der Waals surface area contributed by atoms with E-state index < -0.39 is 0 Å². The van der Waals surface area contributed by atoms with Gasteiger partial charge < -0.3 is 19.4 Å². The maximum Gasteiger partial charge on any atom is 0.264 e. The Bertz CT molecular complexity index is 1380. The largest absolute Gasteiger partial charge is 0.495 e. The number of carbonyl (C=O) groups is 3. The normalized spacial score (nSPS) is 19.5. The molecule has 39 heavy (non-hydrogen) atoms. The SMILES string of the molecule is COc1ccccc1N1CCN(C(=O)C2CCCN(c3cccc4c3C(=O)N(Cc3cccs3)C4=O)C2)CC1. The number of anilines is 2. The van der Waals surface area contributed by atoms with Gasteiger partial charge in [-0.2, -0.15) is 0 Å². The Morgan fingerprint density at radius 1 is 0.897 bits per heavy atom. The summed E-state index contributed by atoms with van der Waals surface area (Å²) in [5.74, 6) is 0.385. The van der Waals surface area contributed by atoms with Crippen molar-refractivity contribution in [1.82, 2.24) is 9.80 Å². The van der Waals surface area contributed by atoms with Gasteiger partial charge in [-0.25, -0.2) is 0 Å². The molecule has 3 aromatic rings. The second-order valence-corrected chi connectivity index (χ2v) is 11.3. The van der Waals surface area contributed by atoms with Crippen molar-refractivity contribution in [3.63, 3.8) is 0 Å². The number of piperazine rings is 1. The number of carbonyl (C=O) groups excluding carboxylic acids is 3. The second kappa shape index (κ2) is 10.7. The van der Waals surface area contributed by atoms with E-state index in [0.717, 1.165) is 54.5 Å². The molecular weight excluding hydrogens is 512 g/mol. The van der Waals surface area contributed by atoms with E-state index in [-0.39, 0.29) is 30.2 Å². The number of thiophene rings is 1. The fourth-order valence-electron chi connectivity index (χ4n) is 6.00. The van der Waals surface area contributed by atoms with Crippen LogP contribution in [0.4, 0.5) is 11.4 Å². The van der Waals surface area contributed by atoms with E-state index in [1.807, 2.05) is 52.7 Å². The molecule has 3 aliphatic rings. The highest BCUT2D eigenvalue weighted by atomic mass is 32.1. The Morgan fingerprint density at radius 3 is 2.46 bits per heavy atom. The Kier molecular flexibility index (Phi) is 6.99. The minimum absolute atomic E-state index is 0.137. The highest BCUT2D eigenvalue weighted by Gasteiger charge is 2.40. The van der Waals surface area contributed by atoms with E-state index in [2.05, 4.69) is 15.9 Å². The summed E-state index contributed by atoms with van der Waals surface area (Å²) in [7, 11) is 1.68. The predicted octanol–water partition coefficient (Wildman–Crippen LogP) is 4.12. The molecule has 6 rings (SSSR count). The summed E-state index contributed by atoms with van der Waals surface area (Å²) >= 11 is 1.53. The summed E-state index contributed by atoms with van der Waals surface area (Å²) in [6.07, 6.45) is 1.69. The molecule has 202 valence electrons. The molecule has 3 aliphatic heterocycles. The lowest BCUT2D eigenvalue weighted by molar-refractivity contribution is -0.136. The molecule has 1 unspecified atom stereocenters. The molecule has 1 atom stereocenters. The second-order valence-electron chi connectivity index (χ2n) is 10.2. The first-order valence-corrected chi connectivity index (χ1v) is 14.4. The van der Waals surface area contributed by atoms with Crippen LogP contribution in [0.3, 0.4) is 0 Å². The summed E-state index contributed by atoms with van der Waals surface area (Å²) in [6, 6.07) is 17.3. The van der Waals surface area contributed by atoms with E-state index in [1.54, 1.807) is 13.2 Å². The summed E-state index contributed by atoms with van der Waals surface area (Å²) in [4.78, 5) is 48.9. The van der Waals surface area contributed by atoms with Gasteiger partial charge in [0.2, 0.25) is 5.91 Å². The first-order valence-electron chi connectivity index (χ1n) is 13.5. The van der Waals surface area contributed by atoms with E-state index in [9.17, 15) is 14.4 Å². The van der Waals surface area contributed by atoms with Gasteiger partial charge >= 0.3 is 0 Å². The summed E-state index contributed by atoms with van der Waals surface area (Å²) in [5, 5.41) is 1.95. The molecule has 4 heterocycles. The number of para-hydroxylation sites is 2. The fraction of sp³-hybridized carbons (Fsp3) is 0.367. The van der Waals surface area contributed by atoms with Gasteiger partial charge in [-0.3, -0.25) is 19.3 Å². The lowest BCUT2D eigenvalue weighted by Crippen LogP contribution is -2.52. The number of imide groups is 1. The maximum absolute atomic E-state index is 13.6. The monoisotopic (exact) mass is 544 g/mol. The van der Waals surface area contributed by atoms with Crippen molar-refractivity contribution in [3.05, 3.63) is 76.0 Å². The summed E-state index contributed by atoms with van der Waals surface area (Å²) in [6.45, 7) is 4.43. The fourth-order valence-corrected chi connectivity index (χ4v) is 6.69. The van der Waals surface area contributed by atoms with Crippen molar-refractivity contribution >= 4 is 40.4 Å². The predicted molar refractivity (Wildman–Crippen MR) is 152 cm³/mol. The highest BCUT2D eigenvalue weighted by Crippen LogP contribution is 2.35. The Hall–Kier alpha value is -3.85. The van der Waals surface area contributed by atoms with Crippen LogP contribution < -0.4 is 14.5 Å². The van der Waals surface area contributed by atoms with E-state index in [1.165, 1.54) is 16.2 Å². The Morgan fingerprint density at radius 2 is 1.69 bits per heavy atom. The number of rotatable bonds is 6. The molecule has 0 radical (unpaired) electrons. The van der Waals surface area contributed by atoms with Crippen LogP contribution in [0.25, 0.3) is 0 Å². The Labute approximate surface area is 232 Å². The molecule has 0 spiro atoms. The van der Waals surface area contributed by atoms with Crippen molar-refractivity contribution in [2.45, 2.75) is 19.4 Å². The van der Waals surface area contributed by atoms with Crippen LogP contribution in [0, 0.1) is 5.92 Å². The number of hydrogen-bond donors (Lipinski definition) is 0. The number of fused-ring (bicyclic) bond motifs is 1. The van der Waals surface area contributed by atoms with Gasteiger partial charge in [-0.15, -0.1) is 11.3 Å². The van der Waals surface area contributed by atoms with Gasteiger partial charge in [-0.05, 0) is 48.6 Å². The first-order chi connectivity index (χ1) is 19.0. The Balaban J connectivity index is 1.14. The number of amides is 3. The number of benzene rings is 2. The molecule has 9 heteroatoms. The lowest BCUT2D eigenvalue weighted by atomic mass is 9.94. The third-order valence-electron chi connectivity index (χ3n) is 8.00. The molecule has 8 nitrogen and oxygen atoms in total. The van der Waals surface area contributed by atoms with Gasteiger partial charge in [0.05, 0.1) is 42.1 Å². The van der Waals surface area contributed by atoms with Crippen molar-refractivity contribution in [2.75, 3.05) is 56.2 Å². The van der Waals surface area contributed by atoms with Gasteiger partial charge in [0.25, 0.3) is 11.8 Å². The number of methoxy groups -OCH3 is 1. The zero-order valence-electron chi connectivity index (χ0n) is 22.0. The molecule has 0 bridgehead atoms. The molecule has 0 N–H and O–H groups in total. The van der Waals surface area contributed by atoms with Gasteiger partial charge in [0.15, 0.2) is 0 Å². The lowest BCUT2D eigenvalue weighted by Gasteiger charge is -2.40. The standard InChI is InChI=1S/C30H32N4O4S/c1-38-26-12-3-2-10-24(26)31-14-16-32(17-15-31)28(35)21-7-5-13-33(19-21)25-11-4-9-23-27(25)30(37)34(29(23)36)20-22-8-6-18-39-22/h2-4,6,8-12,18,21H,5,7,13-17,19-20H2,1H3. The first kappa shape index (κ1) is 25.4. The van der Waals surface area contributed by atoms with Crippen LogP contribution in [-0.4, -0.2) is 73.9 Å². The quantitative estimate of drug-likeness (QED) is 0.435. The van der Waals surface area contributed by atoms with Crippen molar-refractivity contribution in [1.29, 1.82) is 0 Å². The van der Waals surface area contributed by atoms with Crippen LogP contribution in [0.5, 0.6) is 5.75 Å². The van der Waals surface area contributed by atoms with Crippen LogP contribution in [0.1, 0.15) is 38.4 Å². The molecule has 2 fully saturated rings. The number of hydrogen-bond acceptors (Lipinski definition) is 7. The van der Waals surface area contributed by atoms with Gasteiger partial charge in [-0.1, -0.05) is 24.3 Å². The van der Waals surface area contributed by atoms with Crippen LogP contribution >= 0.6 is 11.3 Å². The zero-order chi connectivity index (χ0) is 26.9. The third-order valence-corrected chi connectivity index (χ3v) is 8.86. The summed E-state index contributed by atoms with van der Waals surface area (Å²) in [5.41, 5.74) is 2.74. The molecule has 0 saturated carbocycles. The average Bonchev–Trinajstić information content (AvgIpc) is 3.59. The van der Waals surface area contributed by atoms with Gasteiger partial charge in [0.1, 0.15) is 5.75 Å². The molecular formula is C30H32N4O4S. The minimum atomic E-state index is -0.250. The van der Waals surface area contributed by atoms with E-state index in [4.69, 9.17) is 4.74 Å². The maximum atomic E-state index is 13.6. The number of piperidine rings is 1. The third kappa shape index (κ3) is 4.76. The van der Waals surface area contributed by atoms with Crippen LogP contribution in [0.2, 0.25) is 0 Å². The molecule has 3 amide bonds. The number of ether oxygens (including phenoxy) is 1. The minimum Gasteiger partial charge on any atom is -0.495 e. The van der Waals surface area contributed by atoms with Crippen LogP contribution in [-0.2, 0) is 11.3 Å². The van der Waals surface area contributed by atoms with Gasteiger partial charge in [0, 0.05) is 44.1 Å².